The van der Waals surface area contributed by atoms with Gasteiger partial charge in [0.2, 0.25) is 0 Å². The van der Waals surface area contributed by atoms with Gasteiger partial charge < -0.3 is 0 Å². The minimum atomic E-state index is -0.476. The number of rotatable bonds is 8. The highest BCUT2D eigenvalue weighted by Gasteiger charge is 2.43. The minimum Gasteiger partial charge on any atom is -0.299 e. The van der Waals surface area contributed by atoms with E-state index in [-0.39, 0.29) is 0 Å². The van der Waals surface area contributed by atoms with Gasteiger partial charge in [0.25, 0.3) is 0 Å². The van der Waals surface area contributed by atoms with Crippen LogP contribution < -0.4 is 0 Å². The van der Waals surface area contributed by atoms with Crippen molar-refractivity contribution in [1.82, 2.24) is 4.90 Å². The zero-order chi connectivity index (χ0) is 20.0. The highest BCUT2D eigenvalue weighted by molar-refractivity contribution is 6.31. The standard InChI is InChI=1S/C25H31ClN2/c1-20(28(2)18-21-10-4-3-5-11-21)16-17-25(19-27,22-12-6-7-13-22)23-14-8-9-15-24(23)26/h3-5,8-11,14-15,20,22H,6-7,12-13,16-18H2,1-2H3. The van der Waals surface area contributed by atoms with Crippen LogP contribution in [-0.4, -0.2) is 18.0 Å². The van der Waals surface area contributed by atoms with Crippen molar-refractivity contribution in [2.75, 3.05) is 7.05 Å². The van der Waals surface area contributed by atoms with Gasteiger partial charge in [0.05, 0.1) is 11.5 Å². The molecule has 0 aromatic heterocycles. The third kappa shape index (κ3) is 4.59. The maximum absolute atomic E-state index is 10.4. The zero-order valence-electron chi connectivity index (χ0n) is 17.1. The quantitative estimate of drug-likeness (QED) is 0.504. The average Bonchev–Trinajstić information content (AvgIpc) is 3.26. The molecule has 1 aliphatic carbocycles. The van der Waals surface area contributed by atoms with E-state index in [4.69, 9.17) is 11.6 Å². The van der Waals surface area contributed by atoms with E-state index in [9.17, 15) is 5.26 Å². The molecule has 0 amide bonds. The fraction of sp³-hybridized carbons (Fsp3) is 0.480. The summed E-state index contributed by atoms with van der Waals surface area (Å²) < 4.78 is 0. The van der Waals surface area contributed by atoms with E-state index in [1.807, 2.05) is 18.2 Å². The Balaban J connectivity index is 1.76. The molecule has 0 spiro atoms. The van der Waals surface area contributed by atoms with E-state index < -0.39 is 5.41 Å². The van der Waals surface area contributed by atoms with Crippen molar-refractivity contribution in [3.05, 3.63) is 70.7 Å². The second-order valence-corrected chi connectivity index (χ2v) is 8.74. The SMILES string of the molecule is CC(CCC(C#N)(c1ccccc1Cl)C1CCCC1)N(C)Cc1ccccc1. The normalized spacial score (nSPS) is 18.0. The van der Waals surface area contributed by atoms with Crippen LogP contribution in [-0.2, 0) is 12.0 Å². The number of nitriles is 1. The molecule has 148 valence electrons. The second kappa shape index (κ2) is 9.59. The summed E-state index contributed by atoms with van der Waals surface area (Å²) >= 11 is 6.59. The molecule has 1 aliphatic rings. The largest absolute Gasteiger partial charge is 0.299 e. The second-order valence-electron chi connectivity index (χ2n) is 8.33. The Morgan fingerprint density at radius 2 is 1.75 bits per heavy atom. The van der Waals surface area contributed by atoms with E-state index in [0.29, 0.717) is 12.0 Å². The number of halogens is 1. The van der Waals surface area contributed by atoms with Crippen LogP contribution in [0, 0.1) is 17.2 Å². The Morgan fingerprint density at radius 1 is 1.11 bits per heavy atom. The molecule has 0 saturated heterocycles. The Morgan fingerprint density at radius 3 is 2.39 bits per heavy atom. The number of hydrogen-bond donors (Lipinski definition) is 0. The predicted octanol–water partition coefficient (Wildman–Crippen LogP) is 6.59. The van der Waals surface area contributed by atoms with Crippen molar-refractivity contribution in [3.8, 4) is 6.07 Å². The summed E-state index contributed by atoms with van der Waals surface area (Å²) in [6.45, 7) is 3.20. The lowest BCUT2D eigenvalue weighted by Crippen LogP contribution is -2.36. The molecule has 0 bridgehead atoms. The lowest BCUT2D eigenvalue weighted by Gasteiger charge is -2.36. The molecule has 2 aromatic rings. The van der Waals surface area contributed by atoms with Crippen molar-refractivity contribution in [2.45, 2.75) is 63.5 Å². The summed E-state index contributed by atoms with van der Waals surface area (Å²) in [6, 6.07) is 21.7. The average molecular weight is 395 g/mol. The summed E-state index contributed by atoms with van der Waals surface area (Å²) in [7, 11) is 2.18. The molecule has 1 fully saturated rings. The first-order valence-electron chi connectivity index (χ1n) is 10.5. The molecular formula is C25H31ClN2. The summed E-state index contributed by atoms with van der Waals surface area (Å²) in [5.74, 6) is 0.407. The maximum Gasteiger partial charge on any atom is 0.0865 e. The first-order chi connectivity index (χ1) is 13.6. The van der Waals surface area contributed by atoms with Crippen molar-refractivity contribution >= 4 is 11.6 Å². The monoisotopic (exact) mass is 394 g/mol. The van der Waals surface area contributed by atoms with E-state index in [1.54, 1.807) is 0 Å². The van der Waals surface area contributed by atoms with Crippen molar-refractivity contribution in [1.29, 1.82) is 5.26 Å². The Bertz CT molecular complexity index is 792. The van der Waals surface area contributed by atoms with Gasteiger partial charge in [0.15, 0.2) is 0 Å². The van der Waals surface area contributed by atoms with Crippen LogP contribution in [0.25, 0.3) is 0 Å². The zero-order valence-corrected chi connectivity index (χ0v) is 17.8. The van der Waals surface area contributed by atoms with Crippen LogP contribution in [0.2, 0.25) is 5.02 Å². The molecule has 2 unspecified atom stereocenters. The molecule has 0 radical (unpaired) electrons. The number of benzene rings is 2. The fourth-order valence-corrected chi connectivity index (χ4v) is 5.00. The molecule has 2 aromatic carbocycles. The van der Waals surface area contributed by atoms with E-state index >= 15 is 0 Å². The molecular weight excluding hydrogens is 364 g/mol. The lowest BCUT2D eigenvalue weighted by atomic mass is 9.67. The van der Waals surface area contributed by atoms with E-state index in [2.05, 4.69) is 61.3 Å². The van der Waals surface area contributed by atoms with Gasteiger partial charge in [-0.3, -0.25) is 4.90 Å². The third-order valence-electron chi connectivity index (χ3n) is 6.59. The van der Waals surface area contributed by atoms with Gasteiger partial charge >= 0.3 is 0 Å². The van der Waals surface area contributed by atoms with Crippen molar-refractivity contribution < 1.29 is 0 Å². The van der Waals surface area contributed by atoms with E-state index in [0.717, 1.165) is 42.8 Å². The van der Waals surface area contributed by atoms with Crippen LogP contribution in [0.4, 0.5) is 0 Å². The first-order valence-corrected chi connectivity index (χ1v) is 10.8. The van der Waals surface area contributed by atoms with Gasteiger partial charge in [-0.1, -0.05) is 73.0 Å². The summed E-state index contributed by atoms with van der Waals surface area (Å²) in [6.07, 6.45) is 6.56. The van der Waals surface area contributed by atoms with Crippen LogP contribution >= 0.6 is 11.6 Å². The molecule has 2 nitrogen and oxygen atoms in total. The maximum atomic E-state index is 10.4. The summed E-state index contributed by atoms with van der Waals surface area (Å²) in [5, 5.41) is 11.1. The summed E-state index contributed by atoms with van der Waals surface area (Å²) in [5.41, 5.74) is 1.88. The van der Waals surface area contributed by atoms with Crippen molar-refractivity contribution in [3.63, 3.8) is 0 Å². The summed E-state index contributed by atoms with van der Waals surface area (Å²) in [4.78, 5) is 2.39. The van der Waals surface area contributed by atoms with Crippen LogP contribution in [0.15, 0.2) is 54.6 Å². The van der Waals surface area contributed by atoms with Crippen molar-refractivity contribution in [2.24, 2.45) is 5.92 Å². The van der Waals surface area contributed by atoms with Gasteiger partial charge in [-0.25, -0.2) is 0 Å². The van der Waals surface area contributed by atoms with Crippen LogP contribution in [0.1, 0.15) is 56.6 Å². The Kier molecular flexibility index (Phi) is 7.16. The third-order valence-corrected chi connectivity index (χ3v) is 6.92. The first kappa shape index (κ1) is 20.9. The molecule has 3 rings (SSSR count). The molecule has 0 aliphatic heterocycles. The van der Waals surface area contributed by atoms with Gasteiger partial charge in [-0.2, -0.15) is 5.26 Å². The van der Waals surface area contributed by atoms with Gasteiger partial charge in [-0.15, -0.1) is 0 Å². The van der Waals surface area contributed by atoms with Gasteiger partial charge in [-0.05, 0) is 62.8 Å². The molecule has 3 heteroatoms. The van der Waals surface area contributed by atoms with Crippen LogP contribution in [0.5, 0.6) is 0 Å². The van der Waals surface area contributed by atoms with Gasteiger partial charge in [0.1, 0.15) is 0 Å². The Labute approximate surface area is 175 Å². The highest BCUT2D eigenvalue weighted by Crippen LogP contribution is 2.47. The molecule has 0 heterocycles. The fourth-order valence-electron chi connectivity index (χ4n) is 4.69. The molecule has 0 N–H and O–H groups in total. The van der Waals surface area contributed by atoms with E-state index in [1.165, 1.54) is 18.4 Å². The number of nitrogens with zero attached hydrogens (tertiary/aromatic N) is 2. The highest BCUT2D eigenvalue weighted by atomic mass is 35.5. The smallest absolute Gasteiger partial charge is 0.0865 e. The molecule has 1 saturated carbocycles. The molecule has 28 heavy (non-hydrogen) atoms. The minimum absolute atomic E-state index is 0.400. The van der Waals surface area contributed by atoms with Crippen LogP contribution in [0.3, 0.4) is 0 Å². The van der Waals surface area contributed by atoms with Gasteiger partial charge in [0, 0.05) is 17.6 Å². The number of hydrogen-bond acceptors (Lipinski definition) is 2. The lowest BCUT2D eigenvalue weighted by molar-refractivity contribution is 0.211. The molecule has 2 atom stereocenters. The topological polar surface area (TPSA) is 27.0 Å². The predicted molar refractivity (Wildman–Crippen MR) is 117 cm³/mol. The Hall–Kier alpha value is -1.82.